The van der Waals surface area contributed by atoms with Gasteiger partial charge in [-0.25, -0.2) is 4.39 Å². The first-order valence-electron chi connectivity index (χ1n) is 8.04. The van der Waals surface area contributed by atoms with E-state index in [2.05, 4.69) is 5.32 Å². The van der Waals surface area contributed by atoms with Crippen molar-refractivity contribution < 1.29 is 18.7 Å². The van der Waals surface area contributed by atoms with Gasteiger partial charge in [-0.15, -0.1) is 0 Å². The van der Waals surface area contributed by atoms with Crippen molar-refractivity contribution in [2.75, 3.05) is 33.9 Å². The minimum atomic E-state index is -0.295. The number of nitrogens with zero attached hydrogens (tertiary/aromatic N) is 1. The molecule has 1 N–H and O–H groups in total. The SMILES string of the molecule is COc1ccccc1CNC(=O)CN(C)CCOc1ccc(F)cc1. The molecule has 2 aromatic carbocycles. The Morgan fingerprint density at radius 3 is 2.60 bits per heavy atom. The maximum Gasteiger partial charge on any atom is 0.234 e. The fourth-order valence-corrected chi connectivity index (χ4v) is 2.27. The van der Waals surface area contributed by atoms with Crippen LogP contribution in [0, 0.1) is 5.82 Å². The van der Waals surface area contributed by atoms with Crippen molar-refractivity contribution in [3.05, 3.63) is 59.9 Å². The number of carbonyl (C=O) groups excluding carboxylic acids is 1. The van der Waals surface area contributed by atoms with Gasteiger partial charge in [0.25, 0.3) is 0 Å². The maximum absolute atomic E-state index is 12.8. The number of hydrogen-bond acceptors (Lipinski definition) is 4. The molecule has 0 aromatic heterocycles. The summed E-state index contributed by atoms with van der Waals surface area (Å²) in [6.07, 6.45) is 0. The van der Waals surface area contributed by atoms with E-state index < -0.39 is 0 Å². The van der Waals surface area contributed by atoms with Crippen LogP contribution in [0.1, 0.15) is 5.56 Å². The quantitative estimate of drug-likeness (QED) is 0.758. The fraction of sp³-hybridized carbons (Fsp3) is 0.316. The Bertz CT molecular complexity index is 677. The Labute approximate surface area is 147 Å². The maximum atomic E-state index is 12.8. The van der Waals surface area contributed by atoms with E-state index in [-0.39, 0.29) is 18.3 Å². The lowest BCUT2D eigenvalue weighted by Crippen LogP contribution is -2.36. The average Bonchev–Trinajstić information content (AvgIpc) is 2.62. The first-order chi connectivity index (χ1) is 12.1. The van der Waals surface area contributed by atoms with E-state index in [1.54, 1.807) is 19.2 Å². The van der Waals surface area contributed by atoms with Gasteiger partial charge in [0.2, 0.25) is 5.91 Å². The monoisotopic (exact) mass is 346 g/mol. The standard InChI is InChI=1S/C19H23FN2O3/c1-22(11-12-25-17-9-7-16(20)8-10-17)14-19(23)21-13-15-5-3-4-6-18(15)24-2/h3-10H,11-14H2,1-2H3,(H,21,23). The van der Waals surface area contributed by atoms with Gasteiger partial charge in [-0.3, -0.25) is 9.69 Å². The molecule has 0 bridgehead atoms. The van der Waals surface area contributed by atoms with Crippen molar-refractivity contribution in [2.24, 2.45) is 0 Å². The first-order valence-corrected chi connectivity index (χ1v) is 8.04. The molecule has 134 valence electrons. The van der Waals surface area contributed by atoms with Crippen molar-refractivity contribution in [2.45, 2.75) is 6.54 Å². The van der Waals surface area contributed by atoms with Crippen molar-refractivity contribution in [3.8, 4) is 11.5 Å². The third kappa shape index (κ3) is 6.43. The van der Waals surface area contributed by atoms with Crippen LogP contribution in [0.25, 0.3) is 0 Å². The molecule has 0 spiro atoms. The number of halogens is 1. The van der Waals surface area contributed by atoms with Gasteiger partial charge in [0.1, 0.15) is 23.9 Å². The summed E-state index contributed by atoms with van der Waals surface area (Å²) in [6, 6.07) is 13.4. The van der Waals surface area contributed by atoms with Crippen molar-refractivity contribution in [1.29, 1.82) is 0 Å². The van der Waals surface area contributed by atoms with Crippen LogP contribution >= 0.6 is 0 Å². The number of rotatable bonds is 9. The number of carbonyl (C=O) groups is 1. The lowest BCUT2D eigenvalue weighted by Gasteiger charge is -2.17. The highest BCUT2D eigenvalue weighted by Crippen LogP contribution is 2.16. The predicted octanol–water partition coefficient (Wildman–Crippen LogP) is 2.46. The Hall–Kier alpha value is -2.60. The number of ether oxygens (including phenoxy) is 2. The smallest absolute Gasteiger partial charge is 0.234 e. The largest absolute Gasteiger partial charge is 0.496 e. The van der Waals surface area contributed by atoms with E-state index in [0.29, 0.717) is 25.4 Å². The van der Waals surface area contributed by atoms with E-state index in [4.69, 9.17) is 9.47 Å². The lowest BCUT2D eigenvalue weighted by molar-refractivity contribution is -0.122. The van der Waals surface area contributed by atoms with Crippen LogP contribution in [-0.2, 0) is 11.3 Å². The molecule has 0 unspecified atom stereocenters. The lowest BCUT2D eigenvalue weighted by atomic mass is 10.2. The molecule has 0 aliphatic rings. The van der Waals surface area contributed by atoms with Crippen LogP contribution < -0.4 is 14.8 Å². The predicted molar refractivity (Wildman–Crippen MR) is 94.2 cm³/mol. The number of para-hydroxylation sites is 1. The van der Waals surface area contributed by atoms with Crippen LogP contribution in [-0.4, -0.2) is 44.7 Å². The zero-order valence-electron chi connectivity index (χ0n) is 14.5. The fourth-order valence-electron chi connectivity index (χ4n) is 2.27. The minimum Gasteiger partial charge on any atom is -0.496 e. The summed E-state index contributed by atoms with van der Waals surface area (Å²) in [4.78, 5) is 13.9. The molecule has 0 atom stereocenters. The second-order valence-electron chi connectivity index (χ2n) is 5.63. The number of likely N-dealkylation sites (N-methyl/N-ethyl adjacent to an activating group) is 1. The van der Waals surface area contributed by atoms with E-state index in [0.717, 1.165) is 11.3 Å². The molecule has 0 aliphatic carbocycles. The summed E-state index contributed by atoms with van der Waals surface area (Å²) < 4.78 is 23.6. The Morgan fingerprint density at radius 1 is 1.16 bits per heavy atom. The van der Waals surface area contributed by atoms with Crippen molar-refractivity contribution >= 4 is 5.91 Å². The summed E-state index contributed by atoms with van der Waals surface area (Å²) in [5, 5.41) is 2.88. The molecule has 0 aliphatic heterocycles. The highest BCUT2D eigenvalue weighted by molar-refractivity contribution is 5.78. The molecule has 6 heteroatoms. The summed E-state index contributed by atoms with van der Waals surface area (Å²) in [7, 11) is 3.45. The van der Waals surface area contributed by atoms with Gasteiger partial charge >= 0.3 is 0 Å². The molecule has 0 fully saturated rings. The summed E-state index contributed by atoms with van der Waals surface area (Å²) in [5.41, 5.74) is 0.931. The van der Waals surface area contributed by atoms with E-state index in [1.165, 1.54) is 12.1 Å². The van der Waals surface area contributed by atoms with Gasteiger partial charge in [-0.1, -0.05) is 18.2 Å². The Morgan fingerprint density at radius 2 is 1.88 bits per heavy atom. The summed E-state index contributed by atoms with van der Waals surface area (Å²) in [6.45, 7) is 1.69. The Kier molecular flexibility index (Phi) is 7.22. The highest BCUT2D eigenvalue weighted by atomic mass is 19.1. The third-order valence-electron chi connectivity index (χ3n) is 3.64. The molecule has 25 heavy (non-hydrogen) atoms. The Balaban J connectivity index is 1.68. The summed E-state index contributed by atoms with van der Waals surface area (Å²) >= 11 is 0. The second kappa shape index (κ2) is 9.64. The third-order valence-corrected chi connectivity index (χ3v) is 3.64. The van der Waals surface area contributed by atoms with Gasteiger partial charge in [-0.2, -0.15) is 0 Å². The van der Waals surface area contributed by atoms with Crippen LogP contribution in [0.3, 0.4) is 0 Å². The number of nitrogens with one attached hydrogen (secondary N) is 1. The molecule has 0 heterocycles. The molecule has 5 nitrogen and oxygen atoms in total. The second-order valence-corrected chi connectivity index (χ2v) is 5.63. The van der Waals surface area contributed by atoms with E-state index >= 15 is 0 Å². The molecular formula is C19H23FN2O3. The topological polar surface area (TPSA) is 50.8 Å². The van der Waals surface area contributed by atoms with Gasteiger partial charge < -0.3 is 14.8 Å². The van der Waals surface area contributed by atoms with E-state index in [1.807, 2.05) is 36.2 Å². The number of hydrogen-bond donors (Lipinski definition) is 1. The van der Waals surface area contributed by atoms with Crippen LogP contribution in [0.4, 0.5) is 4.39 Å². The van der Waals surface area contributed by atoms with Gasteiger partial charge in [0, 0.05) is 18.7 Å². The summed E-state index contributed by atoms with van der Waals surface area (Å²) in [5.74, 6) is 0.991. The minimum absolute atomic E-state index is 0.0739. The molecular weight excluding hydrogens is 323 g/mol. The number of amides is 1. The highest BCUT2D eigenvalue weighted by Gasteiger charge is 2.08. The average molecular weight is 346 g/mol. The van der Waals surface area contributed by atoms with Crippen molar-refractivity contribution in [3.63, 3.8) is 0 Å². The van der Waals surface area contributed by atoms with E-state index in [9.17, 15) is 9.18 Å². The molecule has 1 amide bonds. The number of benzene rings is 2. The molecule has 0 radical (unpaired) electrons. The van der Waals surface area contributed by atoms with Crippen LogP contribution in [0.15, 0.2) is 48.5 Å². The van der Waals surface area contributed by atoms with Crippen molar-refractivity contribution in [1.82, 2.24) is 10.2 Å². The molecule has 0 saturated heterocycles. The van der Waals surface area contributed by atoms with Crippen LogP contribution in [0.5, 0.6) is 11.5 Å². The first kappa shape index (κ1) is 18.7. The molecule has 2 aromatic rings. The molecule has 0 saturated carbocycles. The zero-order valence-corrected chi connectivity index (χ0v) is 14.5. The van der Waals surface area contributed by atoms with Gasteiger partial charge in [-0.05, 0) is 37.4 Å². The zero-order chi connectivity index (χ0) is 18.1. The van der Waals surface area contributed by atoms with Gasteiger partial charge in [0.15, 0.2) is 0 Å². The van der Waals surface area contributed by atoms with Crippen LogP contribution in [0.2, 0.25) is 0 Å². The number of methoxy groups -OCH3 is 1. The van der Waals surface area contributed by atoms with Gasteiger partial charge in [0.05, 0.1) is 13.7 Å². The normalized spacial score (nSPS) is 10.6. The molecule has 2 rings (SSSR count).